The molecule has 0 atom stereocenters. The number of carbonyl (C=O) groups excluding carboxylic acids is 3. The summed E-state index contributed by atoms with van der Waals surface area (Å²) in [5.74, 6) is -1.66. The summed E-state index contributed by atoms with van der Waals surface area (Å²) in [4.78, 5) is 33.9. The topological polar surface area (TPSA) is 96.5 Å². The van der Waals surface area contributed by atoms with Gasteiger partial charge in [-0.3, -0.25) is 15.0 Å². The number of esters is 1. The second-order valence-corrected chi connectivity index (χ2v) is 4.47. The largest absolute Gasteiger partial charge is 0.466 e. The Bertz CT molecular complexity index is 568. The van der Waals surface area contributed by atoms with E-state index in [1.54, 1.807) is 6.92 Å². The van der Waals surface area contributed by atoms with Crippen LogP contribution < -0.4 is 16.2 Å². The highest BCUT2D eigenvalue weighted by molar-refractivity contribution is 6.31. The van der Waals surface area contributed by atoms with Crippen molar-refractivity contribution >= 4 is 35.2 Å². The Morgan fingerprint density at radius 1 is 1.23 bits per heavy atom. The summed E-state index contributed by atoms with van der Waals surface area (Å²) in [5, 5.41) is 2.20. The first-order chi connectivity index (χ1) is 10.4. The molecule has 1 aromatic rings. The minimum Gasteiger partial charge on any atom is -0.466 e. The molecule has 0 aliphatic heterocycles. The SMILES string of the molecule is CCOC(=O)CCC(=O)NNC(=O)Nc1ccc(F)c(Cl)c1. The van der Waals surface area contributed by atoms with Gasteiger partial charge >= 0.3 is 12.0 Å². The quantitative estimate of drug-likeness (QED) is 0.567. The third-order valence-corrected chi connectivity index (χ3v) is 2.64. The molecule has 1 rings (SSSR count). The number of ether oxygens (including phenoxy) is 1. The molecule has 3 N–H and O–H groups in total. The number of benzene rings is 1. The molecular formula is C13H15ClFN3O4. The van der Waals surface area contributed by atoms with E-state index in [2.05, 4.69) is 20.9 Å². The zero-order valence-electron chi connectivity index (χ0n) is 11.7. The average Bonchev–Trinajstić information content (AvgIpc) is 2.47. The zero-order chi connectivity index (χ0) is 16.5. The number of hydrogen-bond acceptors (Lipinski definition) is 4. The van der Waals surface area contributed by atoms with Crippen LogP contribution in [0.25, 0.3) is 0 Å². The van der Waals surface area contributed by atoms with E-state index in [0.717, 1.165) is 6.07 Å². The molecule has 120 valence electrons. The van der Waals surface area contributed by atoms with Crippen LogP contribution in [0.4, 0.5) is 14.9 Å². The summed E-state index contributed by atoms with van der Waals surface area (Å²) in [5.41, 5.74) is 4.45. The average molecular weight is 332 g/mol. The number of rotatable bonds is 5. The van der Waals surface area contributed by atoms with Crippen LogP contribution in [-0.4, -0.2) is 24.5 Å². The summed E-state index contributed by atoms with van der Waals surface area (Å²) in [7, 11) is 0. The van der Waals surface area contributed by atoms with E-state index in [1.807, 2.05) is 0 Å². The summed E-state index contributed by atoms with van der Waals surface area (Å²) in [6.45, 7) is 1.90. The van der Waals surface area contributed by atoms with Crippen molar-refractivity contribution in [2.45, 2.75) is 19.8 Å². The molecule has 0 bridgehead atoms. The first-order valence-corrected chi connectivity index (χ1v) is 6.76. The first kappa shape index (κ1) is 17.7. The molecule has 0 spiro atoms. The second kappa shape index (κ2) is 8.83. The Labute approximate surface area is 131 Å². The highest BCUT2D eigenvalue weighted by Crippen LogP contribution is 2.18. The predicted molar refractivity (Wildman–Crippen MR) is 77.6 cm³/mol. The maximum atomic E-state index is 12.9. The van der Waals surface area contributed by atoms with E-state index in [-0.39, 0.29) is 30.2 Å². The van der Waals surface area contributed by atoms with Gasteiger partial charge in [-0.1, -0.05) is 11.6 Å². The fourth-order valence-electron chi connectivity index (χ4n) is 1.37. The molecule has 0 fully saturated rings. The summed E-state index contributed by atoms with van der Waals surface area (Å²) < 4.78 is 17.6. The number of carbonyl (C=O) groups is 3. The lowest BCUT2D eigenvalue weighted by Gasteiger charge is -2.09. The standard InChI is InChI=1S/C13H15ClFN3O4/c1-2-22-12(20)6-5-11(19)17-18-13(21)16-8-3-4-10(15)9(14)7-8/h3-4,7H,2,5-6H2,1H3,(H,17,19)(H2,16,18,21). The fraction of sp³-hybridized carbons (Fsp3) is 0.308. The number of anilines is 1. The smallest absolute Gasteiger partial charge is 0.337 e. The Morgan fingerprint density at radius 2 is 1.95 bits per heavy atom. The normalized spacial score (nSPS) is 9.77. The zero-order valence-corrected chi connectivity index (χ0v) is 12.5. The Kier molecular flexibility index (Phi) is 7.11. The van der Waals surface area contributed by atoms with Gasteiger partial charge in [0.25, 0.3) is 0 Å². The van der Waals surface area contributed by atoms with E-state index < -0.39 is 23.7 Å². The molecular weight excluding hydrogens is 317 g/mol. The summed E-state index contributed by atoms with van der Waals surface area (Å²) in [6.07, 6.45) is -0.210. The lowest BCUT2D eigenvalue weighted by atomic mass is 10.3. The molecule has 22 heavy (non-hydrogen) atoms. The molecule has 0 heterocycles. The van der Waals surface area contributed by atoms with Gasteiger partial charge in [-0.15, -0.1) is 0 Å². The van der Waals surface area contributed by atoms with Crippen LogP contribution in [0.2, 0.25) is 5.02 Å². The van der Waals surface area contributed by atoms with Crippen molar-refractivity contribution in [3.05, 3.63) is 29.0 Å². The van der Waals surface area contributed by atoms with Crippen molar-refractivity contribution in [3.8, 4) is 0 Å². The van der Waals surface area contributed by atoms with Gasteiger partial charge in [0, 0.05) is 12.1 Å². The monoisotopic (exact) mass is 331 g/mol. The highest BCUT2D eigenvalue weighted by Gasteiger charge is 2.09. The van der Waals surface area contributed by atoms with E-state index in [9.17, 15) is 18.8 Å². The van der Waals surface area contributed by atoms with Crippen molar-refractivity contribution < 1.29 is 23.5 Å². The number of hydrogen-bond donors (Lipinski definition) is 3. The molecule has 0 saturated carbocycles. The molecule has 0 radical (unpaired) electrons. The molecule has 7 nitrogen and oxygen atoms in total. The Balaban J connectivity index is 2.31. The van der Waals surface area contributed by atoms with Gasteiger partial charge in [0.05, 0.1) is 18.1 Å². The van der Waals surface area contributed by atoms with Gasteiger partial charge in [0.2, 0.25) is 5.91 Å². The fourth-order valence-corrected chi connectivity index (χ4v) is 1.55. The maximum absolute atomic E-state index is 12.9. The molecule has 0 aromatic heterocycles. The van der Waals surface area contributed by atoms with E-state index >= 15 is 0 Å². The van der Waals surface area contributed by atoms with Crippen LogP contribution in [0.1, 0.15) is 19.8 Å². The second-order valence-electron chi connectivity index (χ2n) is 4.06. The number of nitrogens with one attached hydrogen (secondary N) is 3. The van der Waals surface area contributed by atoms with Crippen molar-refractivity contribution in [1.82, 2.24) is 10.9 Å². The first-order valence-electron chi connectivity index (χ1n) is 6.39. The third kappa shape index (κ3) is 6.40. The lowest BCUT2D eigenvalue weighted by Crippen LogP contribution is -2.44. The Morgan fingerprint density at radius 3 is 2.59 bits per heavy atom. The summed E-state index contributed by atoms with van der Waals surface area (Å²) in [6, 6.07) is 2.88. The van der Waals surface area contributed by atoms with Crippen molar-refractivity contribution in [2.75, 3.05) is 11.9 Å². The molecule has 0 saturated heterocycles. The van der Waals surface area contributed by atoms with E-state index in [4.69, 9.17) is 11.6 Å². The van der Waals surface area contributed by atoms with Gasteiger partial charge in [-0.25, -0.2) is 14.6 Å². The third-order valence-electron chi connectivity index (χ3n) is 2.35. The van der Waals surface area contributed by atoms with Gasteiger partial charge in [-0.2, -0.15) is 0 Å². The summed E-state index contributed by atoms with van der Waals surface area (Å²) >= 11 is 5.56. The van der Waals surface area contributed by atoms with E-state index in [1.165, 1.54) is 12.1 Å². The van der Waals surface area contributed by atoms with Gasteiger partial charge < -0.3 is 10.1 Å². The van der Waals surface area contributed by atoms with Crippen LogP contribution >= 0.6 is 11.6 Å². The molecule has 9 heteroatoms. The van der Waals surface area contributed by atoms with Crippen LogP contribution in [-0.2, 0) is 14.3 Å². The van der Waals surface area contributed by atoms with Gasteiger partial charge in [0.15, 0.2) is 0 Å². The molecule has 0 unspecified atom stereocenters. The number of hydrazine groups is 1. The van der Waals surface area contributed by atoms with Crippen molar-refractivity contribution in [1.29, 1.82) is 0 Å². The molecule has 0 aliphatic carbocycles. The number of amides is 3. The number of urea groups is 1. The number of halogens is 2. The van der Waals surface area contributed by atoms with E-state index in [0.29, 0.717) is 0 Å². The van der Waals surface area contributed by atoms with Crippen LogP contribution in [0, 0.1) is 5.82 Å². The maximum Gasteiger partial charge on any atom is 0.337 e. The van der Waals surface area contributed by atoms with Crippen molar-refractivity contribution in [2.24, 2.45) is 0 Å². The predicted octanol–water partition coefficient (Wildman–Crippen LogP) is 1.98. The van der Waals surface area contributed by atoms with Crippen LogP contribution in [0.5, 0.6) is 0 Å². The minimum absolute atomic E-state index is 0.0868. The molecule has 3 amide bonds. The molecule has 0 aliphatic rings. The Hall–Kier alpha value is -2.35. The van der Waals surface area contributed by atoms with Crippen molar-refractivity contribution in [3.63, 3.8) is 0 Å². The minimum atomic E-state index is -0.743. The van der Waals surface area contributed by atoms with Crippen LogP contribution in [0.3, 0.4) is 0 Å². The van der Waals surface area contributed by atoms with Gasteiger partial charge in [0.1, 0.15) is 5.82 Å². The van der Waals surface area contributed by atoms with Gasteiger partial charge in [-0.05, 0) is 25.1 Å². The highest BCUT2D eigenvalue weighted by atomic mass is 35.5. The lowest BCUT2D eigenvalue weighted by molar-refractivity contribution is -0.144. The molecule has 1 aromatic carbocycles. The van der Waals surface area contributed by atoms with Crippen LogP contribution in [0.15, 0.2) is 18.2 Å².